The number of benzene rings is 1. The van der Waals surface area contributed by atoms with Crippen molar-refractivity contribution in [2.75, 3.05) is 0 Å². The van der Waals surface area contributed by atoms with E-state index in [1.807, 2.05) is 20.8 Å². The molecule has 2 aromatic rings. The molecule has 0 bridgehead atoms. The second kappa shape index (κ2) is 8.82. The first-order valence-corrected chi connectivity index (χ1v) is 10.3. The minimum Gasteiger partial charge on any atom is -0.352 e. The number of carbonyl (C=O) groups excluding carboxylic acids is 2. The number of nitrogens with zero attached hydrogens (tertiary/aromatic N) is 3. The Labute approximate surface area is 175 Å². The number of aromatic nitrogens is 2. The lowest BCUT2D eigenvalue weighted by molar-refractivity contribution is -0.125. The predicted octanol–water partition coefficient (Wildman–Crippen LogP) is 3.29. The monoisotopic (exact) mass is 413 g/mol. The molecule has 3 rings (SSSR count). The lowest BCUT2D eigenvalue weighted by Crippen LogP contribution is -2.54. The van der Waals surface area contributed by atoms with Gasteiger partial charge in [0.15, 0.2) is 5.69 Å². The first-order valence-electron chi connectivity index (χ1n) is 10.3. The molecule has 2 amide bonds. The first-order chi connectivity index (χ1) is 14.2. The topological polar surface area (TPSA) is 99.8 Å². The van der Waals surface area contributed by atoms with Gasteiger partial charge in [-0.05, 0) is 49.3 Å². The molecular weight excluding hydrogens is 385 g/mol. The number of fused-ring (bicyclic) bond motifs is 1. The standard InChI is InChI=1S/C22H28FN5O2/c1-22(2,3)19(21(30)25-15-8-9-15)26-20(29)18-16-13-14(23)7-10-17(16)28(27-18)12-6-4-5-11-24/h7,10,13,15,19H,4-6,8-9,12H2,1-3H3,(H,25,30)(H,26,29). The molecule has 1 saturated carbocycles. The van der Waals surface area contributed by atoms with Gasteiger partial charge in [-0.1, -0.05) is 20.8 Å². The molecule has 1 unspecified atom stereocenters. The van der Waals surface area contributed by atoms with E-state index in [9.17, 15) is 14.0 Å². The maximum absolute atomic E-state index is 13.9. The van der Waals surface area contributed by atoms with Gasteiger partial charge >= 0.3 is 0 Å². The summed E-state index contributed by atoms with van der Waals surface area (Å²) in [4.78, 5) is 25.8. The van der Waals surface area contributed by atoms with E-state index in [0.29, 0.717) is 30.3 Å². The third kappa shape index (κ3) is 5.15. The smallest absolute Gasteiger partial charge is 0.273 e. The number of nitriles is 1. The van der Waals surface area contributed by atoms with Crippen LogP contribution in [0.15, 0.2) is 18.2 Å². The molecule has 30 heavy (non-hydrogen) atoms. The molecule has 7 nitrogen and oxygen atoms in total. The molecule has 2 N–H and O–H groups in total. The van der Waals surface area contributed by atoms with E-state index >= 15 is 0 Å². The normalized spacial score (nSPS) is 14.9. The van der Waals surface area contributed by atoms with Crippen molar-refractivity contribution in [1.29, 1.82) is 5.26 Å². The highest BCUT2D eigenvalue weighted by Gasteiger charge is 2.36. The third-order valence-electron chi connectivity index (χ3n) is 5.16. The van der Waals surface area contributed by atoms with Gasteiger partial charge in [0.1, 0.15) is 11.9 Å². The summed E-state index contributed by atoms with van der Waals surface area (Å²) in [7, 11) is 0. The Hall–Kier alpha value is -2.95. The van der Waals surface area contributed by atoms with Crippen LogP contribution in [0.25, 0.3) is 10.9 Å². The second-order valence-corrected chi connectivity index (χ2v) is 8.90. The molecule has 160 valence electrons. The van der Waals surface area contributed by atoms with Gasteiger partial charge in [-0.25, -0.2) is 4.39 Å². The summed E-state index contributed by atoms with van der Waals surface area (Å²) in [6, 6.07) is 5.77. The number of nitrogens with one attached hydrogen (secondary N) is 2. The number of rotatable bonds is 8. The van der Waals surface area contributed by atoms with Crippen molar-refractivity contribution in [3.05, 3.63) is 29.7 Å². The van der Waals surface area contributed by atoms with Gasteiger partial charge in [-0.2, -0.15) is 10.4 Å². The Kier molecular flexibility index (Phi) is 6.40. The highest BCUT2D eigenvalue weighted by Crippen LogP contribution is 2.25. The molecule has 0 spiro atoms. The first kappa shape index (κ1) is 21.8. The molecule has 0 saturated heterocycles. The van der Waals surface area contributed by atoms with Gasteiger partial charge in [-0.15, -0.1) is 0 Å². The zero-order valence-corrected chi connectivity index (χ0v) is 17.7. The summed E-state index contributed by atoms with van der Waals surface area (Å²) in [5, 5.41) is 19.3. The molecule has 1 atom stereocenters. The summed E-state index contributed by atoms with van der Waals surface area (Å²) in [6.07, 6.45) is 3.79. The van der Waals surface area contributed by atoms with Crippen LogP contribution in [0.3, 0.4) is 0 Å². The lowest BCUT2D eigenvalue weighted by atomic mass is 9.86. The van der Waals surface area contributed by atoms with Gasteiger partial charge in [-0.3, -0.25) is 14.3 Å². The molecule has 1 aliphatic carbocycles. The summed E-state index contributed by atoms with van der Waals surface area (Å²) < 4.78 is 15.6. The van der Waals surface area contributed by atoms with Crippen LogP contribution < -0.4 is 10.6 Å². The van der Waals surface area contributed by atoms with E-state index in [-0.39, 0.29) is 17.6 Å². The van der Waals surface area contributed by atoms with Crippen LogP contribution in [0.4, 0.5) is 4.39 Å². The molecule has 1 heterocycles. The van der Waals surface area contributed by atoms with E-state index in [0.717, 1.165) is 19.3 Å². The fourth-order valence-corrected chi connectivity index (χ4v) is 3.34. The number of hydrogen-bond acceptors (Lipinski definition) is 4. The van der Waals surface area contributed by atoms with E-state index in [2.05, 4.69) is 21.8 Å². The average Bonchev–Trinajstić information content (AvgIpc) is 3.41. The number of carbonyl (C=O) groups is 2. The van der Waals surface area contributed by atoms with Gasteiger partial charge in [0.2, 0.25) is 5.91 Å². The minimum atomic E-state index is -0.741. The number of aryl methyl sites for hydroxylation is 1. The van der Waals surface area contributed by atoms with Crippen molar-refractivity contribution >= 4 is 22.7 Å². The SMILES string of the molecule is CC(C)(C)C(NC(=O)c1nn(CCCCC#N)c2ccc(F)cc12)C(=O)NC1CC1. The highest BCUT2D eigenvalue weighted by atomic mass is 19.1. The molecule has 0 aliphatic heterocycles. The van der Waals surface area contributed by atoms with E-state index in [4.69, 9.17) is 5.26 Å². The summed E-state index contributed by atoms with van der Waals surface area (Å²) in [5.74, 6) is -1.18. The number of unbranched alkanes of at least 4 members (excludes halogenated alkanes) is 2. The lowest BCUT2D eigenvalue weighted by Gasteiger charge is -2.30. The largest absolute Gasteiger partial charge is 0.352 e. The summed E-state index contributed by atoms with van der Waals surface area (Å²) in [6.45, 7) is 6.17. The van der Waals surface area contributed by atoms with Gasteiger partial charge in [0.25, 0.3) is 5.91 Å². The molecule has 1 aromatic carbocycles. The molecule has 0 radical (unpaired) electrons. The van der Waals surface area contributed by atoms with E-state index < -0.39 is 23.2 Å². The van der Waals surface area contributed by atoms with Crippen LogP contribution in [0, 0.1) is 22.6 Å². The predicted molar refractivity (Wildman–Crippen MR) is 111 cm³/mol. The Balaban J connectivity index is 1.86. The van der Waals surface area contributed by atoms with Crippen molar-refractivity contribution in [2.45, 2.75) is 71.5 Å². The van der Waals surface area contributed by atoms with Crippen molar-refractivity contribution in [1.82, 2.24) is 20.4 Å². The van der Waals surface area contributed by atoms with Gasteiger partial charge in [0.05, 0.1) is 11.6 Å². The Morgan fingerprint density at radius 1 is 1.33 bits per heavy atom. The van der Waals surface area contributed by atoms with Crippen molar-refractivity contribution in [3.63, 3.8) is 0 Å². The van der Waals surface area contributed by atoms with Gasteiger partial charge < -0.3 is 10.6 Å². The second-order valence-electron chi connectivity index (χ2n) is 8.90. The molecule has 1 aromatic heterocycles. The number of amides is 2. The fourth-order valence-electron chi connectivity index (χ4n) is 3.34. The summed E-state index contributed by atoms with van der Waals surface area (Å²) >= 11 is 0. The molecule has 1 aliphatic rings. The van der Waals surface area contributed by atoms with Crippen LogP contribution in [0.5, 0.6) is 0 Å². The molecule has 1 fully saturated rings. The Morgan fingerprint density at radius 3 is 2.70 bits per heavy atom. The van der Waals surface area contributed by atoms with Crippen molar-refractivity contribution in [2.24, 2.45) is 5.41 Å². The highest BCUT2D eigenvalue weighted by molar-refractivity contribution is 6.06. The maximum Gasteiger partial charge on any atom is 0.273 e. The van der Waals surface area contributed by atoms with E-state index in [1.54, 1.807) is 10.7 Å². The minimum absolute atomic E-state index is 0.0956. The molecular formula is C22H28FN5O2. The maximum atomic E-state index is 13.9. The van der Waals surface area contributed by atoms with Crippen LogP contribution in [0.2, 0.25) is 0 Å². The number of halogens is 1. The third-order valence-corrected chi connectivity index (χ3v) is 5.16. The quantitative estimate of drug-likeness (QED) is 0.649. The van der Waals surface area contributed by atoms with Crippen LogP contribution in [0.1, 0.15) is 63.4 Å². The van der Waals surface area contributed by atoms with Crippen LogP contribution >= 0.6 is 0 Å². The zero-order valence-electron chi connectivity index (χ0n) is 17.7. The average molecular weight is 413 g/mol. The number of hydrogen-bond donors (Lipinski definition) is 2. The summed E-state index contributed by atoms with van der Waals surface area (Å²) in [5.41, 5.74) is 0.238. The van der Waals surface area contributed by atoms with Crippen LogP contribution in [-0.4, -0.2) is 33.7 Å². The zero-order chi connectivity index (χ0) is 21.9. The Bertz CT molecular complexity index is 982. The van der Waals surface area contributed by atoms with Crippen molar-refractivity contribution in [3.8, 4) is 6.07 Å². The van der Waals surface area contributed by atoms with Gasteiger partial charge in [0, 0.05) is 24.4 Å². The van der Waals surface area contributed by atoms with Crippen LogP contribution in [-0.2, 0) is 11.3 Å². The fraction of sp³-hybridized carbons (Fsp3) is 0.545. The molecule has 8 heteroatoms. The van der Waals surface area contributed by atoms with E-state index in [1.165, 1.54) is 12.1 Å². The van der Waals surface area contributed by atoms with Crippen molar-refractivity contribution < 1.29 is 14.0 Å². The Morgan fingerprint density at radius 2 is 2.07 bits per heavy atom.